The summed E-state index contributed by atoms with van der Waals surface area (Å²) in [7, 11) is 0. The molecule has 1 saturated heterocycles. The monoisotopic (exact) mass is 470 g/mol. The number of carbonyl (C=O) groups excluding carboxylic acids is 2. The van der Waals surface area contributed by atoms with Crippen molar-refractivity contribution in [2.45, 2.75) is 37.8 Å². The van der Waals surface area contributed by atoms with E-state index in [9.17, 15) is 19.7 Å². The van der Waals surface area contributed by atoms with Gasteiger partial charge in [-0.15, -0.1) is 0 Å². The number of hydrogen-bond acceptors (Lipinski definition) is 8. The third-order valence-electron chi connectivity index (χ3n) is 6.66. The maximum Gasteiger partial charge on any atom is 0.289 e. The van der Waals surface area contributed by atoms with Gasteiger partial charge in [0, 0.05) is 32.2 Å². The normalized spacial score (nSPS) is 19.2. The second-order valence-corrected chi connectivity index (χ2v) is 8.72. The molecule has 2 aliphatic heterocycles. The predicted molar refractivity (Wildman–Crippen MR) is 119 cm³/mol. The summed E-state index contributed by atoms with van der Waals surface area (Å²) >= 11 is 0. The Bertz CT molecular complexity index is 1070. The zero-order chi connectivity index (χ0) is 23.7. The van der Waals surface area contributed by atoms with E-state index in [4.69, 9.17) is 13.9 Å². The highest BCUT2D eigenvalue weighted by Gasteiger charge is 2.38. The van der Waals surface area contributed by atoms with E-state index in [-0.39, 0.29) is 41.7 Å². The van der Waals surface area contributed by atoms with Crippen LogP contribution in [0.25, 0.3) is 0 Å². The van der Waals surface area contributed by atoms with E-state index in [0.29, 0.717) is 37.7 Å². The van der Waals surface area contributed by atoms with Gasteiger partial charge in [0.2, 0.25) is 12.7 Å². The average molecular weight is 470 g/mol. The van der Waals surface area contributed by atoms with Crippen LogP contribution in [-0.2, 0) is 4.79 Å². The fraction of sp³-hybridized carbons (Fsp3) is 0.478. The van der Waals surface area contributed by atoms with Gasteiger partial charge in [-0.2, -0.15) is 0 Å². The molecule has 1 unspecified atom stereocenters. The summed E-state index contributed by atoms with van der Waals surface area (Å²) in [5.41, 5.74) is 0.0699. The van der Waals surface area contributed by atoms with Crippen molar-refractivity contribution in [3.05, 3.63) is 52.0 Å². The minimum atomic E-state index is -0.892. The number of fused-ring (bicyclic) bond motifs is 1. The third kappa shape index (κ3) is 4.30. The van der Waals surface area contributed by atoms with Crippen LogP contribution in [-0.4, -0.2) is 65.6 Å². The first-order valence-electron chi connectivity index (χ1n) is 11.5. The van der Waals surface area contributed by atoms with Crippen molar-refractivity contribution in [3.63, 3.8) is 0 Å². The predicted octanol–water partition coefficient (Wildman–Crippen LogP) is 2.47. The molecule has 34 heavy (non-hydrogen) atoms. The summed E-state index contributed by atoms with van der Waals surface area (Å²) in [6.07, 6.45) is 5.34. The minimum absolute atomic E-state index is 0.0254. The first kappa shape index (κ1) is 22.2. The number of piperazine rings is 1. The van der Waals surface area contributed by atoms with Gasteiger partial charge >= 0.3 is 0 Å². The Morgan fingerprint density at radius 1 is 1.09 bits per heavy atom. The van der Waals surface area contributed by atoms with Crippen molar-refractivity contribution in [2.24, 2.45) is 0 Å². The lowest BCUT2D eigenvalue weighted by molar-refractivity contribution is -0.386. The molecule has 1 atom stereocenters. The maximum atomic E-state index is 13.5. The lowest BCUT2D eigenvalue weighted by Crippen LogP contribution is -2.53. The van der Waals surface area contributed by atoms with Crippen molar-refractivity contribution >= 4 is 17.5 Å². The summed E-state index contributed by atoms with van der Waals surface area (Å²) < 4.78 is 16.0. The lowest BCUT2D eigenvalue weighted by atomic mass is 9.99. The molecular weight excluding hydrogens is 444 g/mol. The van der Waals surface area contributed by atoms with E-state index >= 15 is 0 Å². The van der Waals surface area contributed by atoms with Crippen LogP contribution in [0, 0.1) is 10.1 Å². The fourth-order valence-corrected chi connectivity index (χ4v) is 4.92. The summed E-state index contributed by atoms with van der Waals surface area (Å²) in [5, 5.41) is 15.0. The van der Waals surface area contributed by atoms with Crippen molar-refractivity contribution < 1.29 is 28.4 Å². The van der Waals surface area contributed by atoms with Crippen molar-refractivity contribution in [3.8, 4) is 11.5 Å². The minimum Gasteiger partial charge on any atom is -0.459 e. The van der Waals surface area contributed by atoms with Gasteiger partial charge in [0.1, 0.15) is 6.04 Å². The molecule has 5 rings (SSSR count). The topological polar surface area (TPSA) is 127 Å². The molecule has 3 aliphatic rings. The number of nitro groups is 1. The second kappa shape index (κ2) is 9.34. The van der Waals surface area contributed by atoms with Gasteiger partial charge in [0.05, 0.1) is 22.8 Å². The largest absolute Gasteiger partial charge is 0.459 e. The Balaban J connectivity index is 1.42. The van der Waals surface area contributed by atoms with Crippen LogP contribution in [0.15, 0.2) is 34.9 Å². The molecule has 11 nitrogen and oxygen atoms in total. The van der Waals surface area contributed by atoms with Crippen LogP contribution >= 0.6 is 0 Å². The van der Waals surface area contributed by atoms with E-state index in [1.807, 2.05) is 4.90 Å². The standard InChI is InChI=1S/C23H26N4O7/c28-22(24-15-4-1-2-5-15)21(16-12-19-20(34-14-33-19)13-17(16)27(30)31)25-7-9-26(10-8-25)23(29)18-6-3-11-32-18/h3,6,11-13,15,21H,1-2,4-5,7-10,14H2,(H,24,28). The van der Waals surface area contributed by atoms with Gasteiger partial charge < -0.3 is 24.1 Å². The Morgan fingerprint density at radius 2 is 1.79 bits per heavy atom. The fourth-order valence-electron chi connectivity index (χ4n) is 4.92. The number of furan rings is 1. The highest BCUT2D eigenvalue weighted by atomic mass is 16.7. The van der Waals surface area contributed by atoms with Crippen LogP contribution in [0.3, 0.4) is 0 Å². The number of nitrogens with zero attached hydrogens (tertiary/aromatic N) is 3. The number of carbonyl (C=O) groups is 2. The molecular formula is C23H26N4O7. The Labute approximate surface area is 195 Å². The number of rotatable bonds is 6. The summed E-state index contributed by atoms with van der Waals surface area (Å²) in [6, 6.07) is 5.30. The molecule has 180 valence electrons. The first-order valence-corrected chi connectivity index (χ1v) is 11.5. The summed E-state index contributed by atoms with van der Waals surface area (Å²) in [5.74, 6) is 0.436. The molecule has 0 bridgehead atoms. The highest BCUT2D eigenvalue weighted by Crippen LogP contribution is 2.42. The van der Waals surface area contributed by atoms with Crippen LogP contribution in [0.1, 0.15) is 47.8 Å². The first-order chi connectivity index (χ1) is 16.5. The summed E-state index contributed by atoms with van der Waals surface area (Å²) in [4.78, 5) is 41.2. The lowest BCUT2D eigenvalue weighted by Gasteiger charge is -2.38. The molecule has 1 aromatic heterocycles. The highest BCUT2D eigenvalue weighted by molar-refractivity contribution is 5.91. The van der Waals surface area contributed by atoms with Crippen molar-refractivity contribution in [1.82, 2.24) is 15.1 Å². The van der Waals surface area contributed by atoms with Crippen LogP contribution in [0.4, 0.5) is 5.69 Å². The molecule has 2 amide bonds. The van der Waals surface area contributed by atoms with Crippen LogP contribution in [0.5, 0.6) is 11.5 Å². The number of amides is 2. The molecule has 1 N–H and O–H groups in total. The Kier molecular flexibility index (Phi) is 6.10. The number of hydrogen-bond donors (Lipinski definition) is 1. The molecule has 2 fully saturated rings. The van der Waals surface area contributed by atoms with Crippen LogP contribution in [0.2, 0.25) is 0 Å². The van der Waals surface area contributed by atoms with Gasteiger partial charge in [0.25, 0.3) is 11.6 Å². The van der Waals surface area contributed by atoms with E-state index in [1.54, 1.807) is 23.1 Å². The number of benzene rings is 1. The van der Waals surface area contributed by atoms with Crippen LogP contribution < -0.4 is 14.8 Å². The Morgan fingerprint density at radius 3 is 2.44 bits per heavy atom. The van der Waals surface area contributed by atoms with E-state index in [2.05, 4.69) is 5.32 Å². The summed E-state index contributed by atoms with van der Waals surface area (Å²) in [6.45, 7) is 1.46. The molecule has 0 spiro atoms. The Hall–Kier alpha value is -3.60. The molecule has 11 heteroatoms. The van der Waals surface area contributed by atoms with E-state index in [0.717, 1.165) is 25.7 Å². The van der Waals surface area contributed by atoms with Crippen molar-refractivity contribution in [2.75, 3.05) is 33.0 Å². The van der Waals surface area contributed by atoms with E-state index < -0.39 is 11.0 Å². The van der Waals surface area contributed by atoms with Gasteiger partial charge in [-0.05, 0) is 31.0 Å². The van der Waals surface area contributed by atoms with Gasteiger partial charge in [-0.25, -0.2) is 0 Å². The number of ether oxygens (including phenoxy) is 2. The molecule has 2 aromatic rings. The third-order valence-corrected chi connectivity index (χ3v) is 6.66. The zero-order valence-electron chi connectivity index (χ0n) is 18.6. The van der Waals surface area contributed by atoms with E-state index in [1.165, 1.54) is 12.3 Å². The van der Waals surface area contributed by atoms with Gasteiger partial charge in [-0.3, -0.25) is 24.6 Å². The zero-order valence-corrected chi connectivity index (χ0v) is 18.6. The van der Waals surface area contributed by atoms with Crippen molar-refractivity contribution in [1.29, 1.82) is 0 Å². The molecule has 3 heterocycles. The SMILES string of the molecule is O=C(NC1CCCC1)C(c1cc2c(cc1[N+](=O)[O-])OCO2)N1CCN(C(=O)c2ccco2)CC1. The molecule has 1 saturated carbocycles. The molecule has 1 aromatic carbocycles. The quantitative estimate of drug-likeness (QED) is 0.504. The number of nitro benzene ring substituents is 1. The molecule has 1 aliphatic carbocycles. The maximum absolute atomic E-state index is 13.5. The van der Waals surface area contributed by atoms with Gasteiger partial charge in [0.15, 0.2) is 17.3 Å². The average Bonchev–Trinajstić information content (AvgIpc) is 3.61. The smallest absolute Gasteiger partial charge is 0.289 e. The number of nitrogens with one attached hydrogen (secondary N) is 1. The second-order valence-electron chi connectivity index (χ2n) is 8.72. The van der Waals surface area contributed by atoms with Gasteiger partial charge in [-0.1, -0.05) is 12.8 Å². The molecule has 0 radical (unpaired) electrons.